The van der Waals surface area contributed by atoms with Crippen molar-refractivity contribution in [2.45, 2.75) is 26.4 Å². The van der Waals surface area contributed by atoms with E-state index in [2.05, 4.69) is 21.2 Å². The molecule has 2 nitrogen and oxygen atoms in total. The molecule has 0 aliphatic rings. The molecule has 0 amide bonds. The van der Waals surface area contributed by atoms with E-state index in [4.69, 9.17) is 16.3 Å². The summed E-state index contributed by atoms with van der Waals surface area (Å²) in [6.07, 6.45) is 0. The number of benzene rings is 2. The molecule has 0 aliphatic carbocycles. The summed E-state index contributed by atoms with van der Waals surface area (Å²) in [6.45, 7) is 4.41. The third-order valence-electron chi connectivity index (χ3n) is 2.88. The van der Waals surface area contributed by atoms with Crippen LogP contribution in [-0.4, -0.2) is 6.04 Å². The maximum Gasteiger partial charge on any atom is 0.147 e. The van der Waals surface area contributed by atoms with Crippen molar-refractivity contribution in [3.05, 3.63) is 57.3 Å². The average molecular weight is 373 g/mol. The van der Waals surface area contributed by atoms with Crippen molar-refractivity contribution in [1.29, 1.82) is 0 Å². The minimum atomic E-state index is -0.299. The van der Waals surface area contributed by atoms with Crippen LogP contribution < -0.4 is 10.1 Å². The molecule has 0 bridgehead atoms. The molecule has 0 heterocycles. The first-order valence-corrected chi connectivity index (χ1v) is 7.78. The topological polar surface area (TPSA) is 21.3 Å². The summed E-state index contributed by atoms with van der Waals surface area (Å²) in [5.41, 5.74) is 0.488. The van der Waals surface area contributed by atoms with Crippen LogP contribution in [0.3, 0.4) is 0 Å². The van der Waals surface area contributed by atoms with Crippen LogP contribution in [0, 0.1) is 5.82 Å². The largest absolute Gasteiger partial charge is 0.455 e. The molecule has 0 aliphatic heterocycles. The predicted octanol–water partition coefficient (Wildman–Crippen LogP) is 5.53. The molecule has 0 spiro atoms. The number of halogens is 3. The Bertz CT molecular complexity index is 634. The van der Waals surface area contributed by atoms with Crippen molar-refractivity contribution in [1.82, 2.24) is 5.32 Å². The van der Waals surface area contributed by atoms with Crippen LogP contribution in [-0.2, 0) is 6.54 Å². The number of hydrogen-bond acceptors (Lipinski definition) is 2. The molecule has 0 unspecified atom stereocenters. The third kappa shape index (κ3) is 4.43. The normalized spacial score (nSPS) is 11.0. The van der Waals surface area contributed by atoms with Gasteiger partial charge in [0.15, 0.2) is 0 Å². The van der Waals surface area contributed by atoms with Gasteiger partial charge in [0.2, 0.25) is 0 Å². The second-order valence-corrected chi connectivity index (χ2v) is 6.25. The number of nitrogens with one attached hydrogen (secondary N) is 1. The zero-order valence-corrected chi connectivity index (χ0v) is 14.1. The molecule has 1 N–H and O–H groups in total. The van der Waals surface area contributed by atoms with Gasteiger partial charge in [-0.25, -0.2) is 4.39 Å². The first-order valence-electron chi connectivity index (χ1n) is 6.61. The molecular formula is C16H16BrClFNO. The molecule has 0 aromatic heterocycles. The van der Waals surface area contributed by atoms with E-state index < -0.39 is 0 Å². The highest BCUT2D eigenvalue weighted by Gasteiger charge is 2.12. The molecule has 112 valence electrons. The second kappa shape index (κ2) is 7.25. The van der Waals surface area contributed by atoms with E-state index in [9.17, 15) is 4.39 Å². The van der Waals surface area contributed by atoms with Gasteiger partial charge in [0.25, 0.3) is 0 Å². The standard InChI is InChI=1S/C16H16BrClFNO/c1-10(2)20-9-12-14(19)4-3-5-15(12)21-16-8-11(17)6-7-13(16)18/h3-8,10,20H,9H2,1-2H3. The molecule has 2 rings (SSSR count). The predicted molar refractivity (Wildman–Crippen MR) is 87.6 cm³/mol. The highest BCUT2D eigenvalue weighted by molar-refractivity contribution is 9.10. The van der Waals surface area contributed by atoms with E-state index in [0.29, 0.717) is 28.6 Å². The van der Waals surface area contributed by atoms with Gasteiger partial charge in [0, 0.05) is 22.6 Å². The first-order chi connectivity index (χ1) is 9.97. The lowest BCUT2D eigenvalue weighted by atomic mass is 10.1. The summed E-state index contributed by atoms with van der Waals surface area (Å²) in [5.74, 6) is 0.650. The van der Waals surface area contributed by atoms with Crippen LogP contribution in [0.15, 0.2) is 40.9 Å². The maximum absolute atomic E-state index is 14.0. The lowest BCUT2D eigenvalue weighted by Crippen LogP contribution is -2.22. The minimum absolute atomic E-state index is 0.256. The van der Waals surface area contributed by atoms with Crippen LogP contribution >= 0.6 is 27.5 Å². The summed E-state index contributed by atoms with van der Waals surface area (Å²) in [5, 5.41) is 3.67. The van der Waals surface area contributed by atoms with Gasteiger partial charge in [-0.1, -0.05) is 47.4 Å². The van der Waals surface area contributed by atoms with E-state index in [1.165, 1.54) is 6.07 Å². The van der Waals surface area contributed by atoms with Crippen molar-refractivity contribution in [3.63, 3.8) is 0 Å². The van der Waals surface area contributed by atoms with E-state index >= 15 is 0 Å². The molecule has 2 aromatic carbocycles. The minimum Gasteiger partial charge on any atom is -0.455 e. The molecule has 2 aromatic rings. The Morgan fingerprint density at radius 1 is 1.24 bits per heavy atom. The SMILES string of the molecule is CC(C)NCc1c(F)cccc1Oc1cc(Br)ccc1Cl. The van der Waals surface area contributed by atoms with Gasteiger partial charge >= 0.3 is 0 Å². The zero-order valence-electron chi connectivity index (χ0n) is 11.8. The molecular weight excluding hydrogens is 357 g/mol. The van der Waals surface area contributed by atoms with Crippen LogP contribution in [0.4, 0.5) is 4.39 Å². The average Bonchev–Trinajstić information content (AvgIpc) is 2.42. The molecule has 0 saturated heterocycles. The molecule has 21 heavy (non-hydrogen) atoms. The van der Waals surface area contributed by atoms with Crippen LogP contribution in [0.2, 0.25) is 5.02 Å². The van der Waals surface area contributed by atoms with Gasteiger partial charge in [-0.05, 0) is 30.3 Å². The molecule has 0 fully saturated rings. The van der Waals surface area contributed by atoms with Crippen molar-refractivity contribution < 1.29 is 9.13 Å². The monoisotopic (exact) mass is 371 g/mol. The number of ether oxygens (including phenoxy) is 1. The third-order valence-corrected chi connectivity index (χ3v) is 3.68. The summed E-state index contributed by atoms with van der Waals surface area (Å²) >= 11 is 9.48. The smallest absolute Gasteiger partial charge is 0.147 e. The second-order valence-electron chi connectivity index (χ2n) is 4.93. The fraction of sp³-hybridized carbons (Fsp3) is 0.250. The summed E-state index contributed by atoms with van der Waals surface area (Å²) in [7, 11) is 0. The van der Waals surface area contributed by atoms with E-state index in [-0.39, 0.29) is 11.9 Å². The lowest BCUT2D eigenvalue weighted by Gasteiger charge is -2.15. The van der Waals surface area contributed by atoms with E-state index in [1.54, 1.807) is 24.3 Å². The van der Waals surface area contributed by atoms with Crippen LogP contribution in [0.5, 0.6) is 11.5 Å². The Morgan fingerprint density at radius 2 is 2.00 bits per heavy atom. The Kier molecular flexibility index (Phi) is 5.62. The Labute approximate surface area is 137 Å². The van der Waals surface area contributed by atoms with Crippen molar-refractivity contribution >= 4 is 27.5 Å². The Hall–Kier alpha value is -1.10. The maximum atomic E-state index is 14.0. The Balaban J connectivity index is 2.31. The number of hydrogen-bond donors (Lipinski definition) is 1. The molecule has 5 heteroatoms. The Morgan fingerprint density at radius 3 is 2.71 bits per heavy atom. The quantitative estimate of drug-likeness (QED) is 0.745. The molecule has 0 saturated carbocycles. The summed E-state index contributed by atoms with van der Waals surface area (Å²) in [4.78, 5) is 0. The van der Waals surface area contributed by atoms with Gasteiger partial charge in [-0.3, -0.25) is 0 Å². The van der Waals surface area contributed by atoms with Crippen molar-refractivity contribution in [2.75, 3.05) is 0 Å². The van der Waals surface area contributed by atoms with Gasteiger partial charge < -0.3 is 10.1 Å². The zero-order chi connectivity index (χ0) is 15.4. The highest BCUT2D eigenvalue weighted by Crippen LogP contribution is 2.34. The highest BCUT2D eigenvalue weighted by atomic mass is 79.9. The van der Waals surface area contributed by atoms with Crippen molar-refractivity contribution in [2.24, 2.45) is 0 Å². The number of rotatable bonds is 5. The van der Waals surface area contributed by atoms with Crippen LogP contribution in [0.1, 0.15) is 19.4 Å². The van der Waals surface area contributed by atoms with Gasteiger partial charge in [-0.2, -0.15) is 0 Å². The van der Waals surface area contributed by atoms with Gasteiger partial charge in [0.1, 0.15) is 17.3 Å². The van der Waals surface area contributed by atoms with E-state index in [0.717, 1.165) is 4.47 Å². The molecule has 0 atom stereocenters. The first kappa shape index (κ1) is 16.3. The van der Waals surface area contributed by atoms with Crippen molar-refractivity contribution in [3.8, 4) is 11.5 Å². The fourth-order valence-electron chi connectivity index (χ4n) is 1.79. The lowest BCUT2D eigenvalue weighted by molar-refractivity contribution is 0.457. The van der Waals surface area contributed by atoms with Gasteiger partial charge in [-0.15, -0.1) is 0 Å². The van der Waals surface area contributed by atoms with Gasteiger partial charge in [0.05, 0.1) is 5.02 Å². The van der Waals surface area contributed by atoms with Crippen LogP contribution in [0.25, 0.3) is 0 Å². The molecule has 0 radical (unpaired) electrons. The fourth-order valence-corrected chi connectivity index (χ4v) is 2.28. The summed E-state index contributed by atoms with van der Waals surface area (Å²) < 4.78 is 20.7. The van der Waals surface area contributed by atoms with E-state index in [1.807, 2.05) is 19.9 Å². The summed E-state index contributed by atoms with van der Waals surface area (Å²) in [6, 6.07) is 10.3.